The molecule has 0 spiro atoms. The summed E-state index contributed by atoms with van der Waals surface area (Å²) in [6.45, 7) is 2.79. The molecule has 2 aromatic carbocycles. The zero-order valence-electron chi connectivity index (χ0n) is 19.2. The maximum atomic E-state index is 15.0. The smallest absolute Gasteiger partial charge is 0.420 e. The van der Waals surface area contributed by atoms with Crippen LogP contribution in [-0.2, 0) is 11.4 Å². The van der Waals surface area contributed by atoms with Crippen LogP contribution in [0, 0.1) is 17.7 Å². The first kappa shape index (κ1) is 24.9. The quantitative estimate of drug-likeness (QED) is 0.197. The zero-order chi connectivity index (χ0) is 24.8. The number of benzene rings is 2. The minimum atomic E-state index is -1.95. The zero-order valence-corrected chi connectivity index (χ0v) is 20.8. The van der Waals surface area contributed by atoms with E-state index in [-0.39, 0.29) is 21.1 Å². The Morgan fingerprint density at radius 3 is 2.91 bits per heavy atom. The molecule has 182 valence electrons. The molecule has 4 rings (SSSR count). The van der Waals surface area contributed by atoms with Crippen molar-refractivity contribution in [3.63, 3.8) is 0 Å². The number of unbranched alkanes of at least 4 members (excludes halogenated alkanes) is 2. The molecule has 0 amide bonds. The monoisotopic (exact) mass is 513 g/mol. The molecular formula is C24H24FN5O3S2. The Bertz CT molecular complexity index is 1410. The van der Waals surface area contributed by atoms with Crippen LogP contribution < -0.4 is 15.8 Å². The second-order valence-electron chi connectivity index (χ2n) is 7.73. The molecule has 0 saturated carbocycles. The molecule has 1 unspecified atom stereocenters. The van der Waals surface area contributed by atoms with Crippen LogP contribution in [-0.4, -0.2) is 32.1 Å². The van der Waals surface area contributed by atoms with Gasteiger partial charge in [0.15, 0.2) is 11.4 Å². The number of aromatic nitrogens is 3. The van der Waals surface area contributed by atoms with Crippen molar-refractivity contribution >= 4 is 39.1 Å². The second kappa shape index (κ2) is 11.5. The third-order valence-corrected chi connectivity index (χ3v) is 7.21. The molecule has 0 radical (unpaired) electrons. The number of hydrogen-bond donors (Lipinski definition) is 2. The summed E-state index contributed by atoms with van der Waals surface area (Å²) >= 11 is -0.950. The molecule has 2 atom stereocenters. The normalized spacial score (nSPS) is 12.8. The molecule has 2 N–H and O–H groups in total. The summed E-state index contributed by atoms with van der Waals surface area (Å²) in [5, 5.41) is 3.40. The van der Waals surface area contributed by atoms with Crippen LogP contribution in [0.1, 0.15) is 43.4 Å². The van der Waals surface area contributed by atoms with Crippen molar-refractivity contribution in [3.8, 4) is 11.8 Å². The molecule has 0 aliphatic rings. The Hall–Kier alpha value is -3.17. The van der Waals surface area contributed by atoms with E-state index in [1.54, 1.807) is 0 Å². The largest absolute Gasteiger partial charge is 0.588 e. The van der Waals surface area contributed by atoms with Gasteiger partial charge in [0.2, 0.25) is 10.0 Å². The lowest BCUT2D eigenvalue weighted by molar-refractivity contribution is 0.489. The Kier molecular flexibility index (Phi) is 8.20. The van der Waals surface area contributed by atoms with Crippen LogP contribution in [0.2, 0.25) is 0 Å². The van der Waals surface area contributed by atoms with Gasteiger partial charge in [0.25, 0.3) is 0 Å². The van der Waals surface area contributed by atoms with Crippen LogP contribution in [0.3, 0.4) is 0 Å². The molecular weight excluding hydrogens is 489 g/mol. The minimum Gasteiger partial charge on any atom is -0.588 e. The summed E-state index contributed by atoms with van der Waals surface area (Å²) in [7, 11) is 1.92. The molecule has 0 bridgehead atoms. The Morgan fingerprint density at radius 1 is 1.31 bits per heavy atom. The average Bonchev–Trinajstić information content (AvgIpc) is 3.47. The third-order valence-electron chi connectivity index (χ3n) is 5.41. The van der Waals surface area contributed by atoms with Crippen LogP contribution in [0.4, 0.5) is 9.52 Å². The van der Waals surface area contributed by atoms with Gasteiger partial charge in [0.05, 0.1) is 11.6 Å². The van der Waals surface area contributed by atoms with E-state index in [0.29, 0.717) is 0 Å². The van der Waals surface area contributed by atoms with Gasteiger partial charge in [-0.05, 0) is 45.0 Å². The lowest BCUT2D eigenvalue weighted by Crippen LogP contribution is -2.20. The van der Waals surface area contributed by atoms with Crippen LogP contribution in [0.15, 0.2) is 56.8 Å². The fourth-order valence-electron chi connectivity index (χ4n) is 3.68. The number of fused-ring (bicyclic) bond motifs is 1. The lowest BCUT2D eigenvalue weighted by atomic mass is 10.0. The number of anilines is 1. The highest BCUT2D eigenvalue weighted by molar-refractivity contribution is 7.93. The first-order chi connectivity index (χ1) is 17.0. The maximum absolute atomic E-state index is 15.0. The summed E-state index contributed by atoms with van der Waals surface area (Å²) in [6, 6.07) is 9.54. The molecule has 11 heteroatoms. The van der Waals surface area contributed by atoms with E-state index in [9.17, 15) is 13.7 Å². The average molecular weight is 514 g/mol. The molecule has 0 aliphatic heterocycles. The maximum Gasteiger partial charge on any atom is 0.420 e. The molecule has 4 aromatic rings. The number of hydrogen-bond acceptors (Lipinski definition) is 8. The molecule has 0 saturated heterocycles. The van der Waals surface area contributed by atoms with Gasteiger partial charge in [-0.2, -0.15) is 9.10 Å². The van der Waals surface area contributed by atoms with E-state index >= 15 is 0 Å². The number of rotatable bonds is 9. The van der Waals surface area contributed by atoms with Crippen LogP contribution >= 0.6 is 11.5 Å². The summed E-state index contributed by atoms with van der Waals surface area (Å²) < 4.78 is 40.8. The van der Waals surface area contributed by atoms with Crippen molar-refractivity contribution in [1.29, 1.82) is 0 Å². The molecule has 2 heterocycles. The lowest BCUT2D eigenvalue weighted by Gasteiger charge is -2.15. The topological polar surface area (TPSA) is 108 Å². The fourth-order valence-corrected chi connectivity index (χ4v) is 5.12. The van der Waals surface area contributed by atoms with Gasteiger partial charge < -0.3 is 14.3 Å². The van der Waals surface area contributed by atoms with Gasteiger partial charge >= 0.3 is 5.76 Å². The van der Waals surface area contributed by atoms with Crippen molar-refractivity contribution in [3.05, 3.63) is 70.2 Å². The highest BCUT2D eigenvalue weighted by Gasteiger charge is 2.25. The highest BCUT2D eigenvalue weighted by Crippen LogP contribution is 2.29. The standard InChI is InChI=1S/C24H24FN5O3S2/c1-16(18-11-7-6-10-17(18)9-5-3-4-8-12-26-2)30-20-13-19(25)22(14-21(20)33-24(30)31)35(32)29-23-27-15-28-34-23/h6-7,10-11,13-16,26H,3-4,8,12H2,1-2H3,(H,27,28,29)/t16-,35?/m1/s1. The van der Waals surface area contributed by atoms with Gasteiger partial charge in [-0.1, -0.05) is 30.0 Å². The predicted molar refractivity (Wildman–Crippen MR) is 135 cm³/mol. The van der Waals surface area contributed by atoms with E-state index in [0.717, 1.165) is 48.5 Å². The third kappa shape index (κ3) is 5.74. The first-order valence-electron chi connectivity index (χ1n) is 11.0. The van der Waals surface area contributed by atoms with E-state index < -0.39 is 29.0 Å². The molecule has 0 aliphatic carbocycles. The molecule has 2 aromatic heterocycles. The Balaban J connectivity index is 1.63. The summed E-state index contributed by atoms with van der Waals surface area (Å²) in [5.74, 6) is 5.04. The van der Waals surface area contributed by atoms with Crippen molar-refractivity contribution in [2.75, 3.05) is 18.3 Å². The number of oxazole rings is 1. The highest BCUT2D eigenvalue weighted by atomic mass is 32.2. The number of nitrogens with zero attached hydrogens (tertiary/aromatic N) is 3. The van der Waals surface area contributed by atoms with E-state index in [4.69, 9.17) is 4.42 Å². The van der Waals surface area contributed by atoms with E-state index in [1.807, 2.05) is 38.2 Å². The molecule has 8 nitrogen and oxygen atoms in total. The van der Waals surface area contributed by atoms with Crippen molar-refractivity contribution < 1.29 is 13.4 Å². The van der Waals surface area contributed by atoms with Gasteiger partial charge in [0, 0.05) is 35.6 Å². The van der Waals surface area contributed by atoms with Gasteiger partial charge in [0.1, 0.15) is 17.7 Å². The number of nitrogens with one attached hydrogen (secondary N) is 2. The number of halogens is 1. The van der Waals surface area contributed by atoms with Gasteiger partial charge in [-0.15, -0.1) is 0 Å². The van der Waals surface area contributed by atoms with Crippen molar-refractivity contribution in [1.82, 2.24) is 19.2 Å². The minimum absolute atomic E-state index is 0.138. The summed E-state index contributed by atoms with van der Waals surface area (Å²) in [6.07, 6.45) is 4.12. The summed E-state index contributed by atoms with van der Waals surface area (Å²) in [4.78, 5) is 16.5. The van der Waals surface area contributed by atoms with Crippen LogP contribution in [0.5, 0.6) is 0 Å². The van der Waals surface area contributed by atoms with Crippen molar-refractivity contribution in [2.45, 2.75) is 37.1 Å². The second-order valence-corrected chi connectivity index (χ2v) is 9.69. The Labute approximate surface area is 209 Å². The SMILES string of the molecule is CNCCCCC#Cc1ccccc1[C@@H](C)n1c(=O)oc2cc([S+]([O-])Nc3ncns3)c(F)cc21. The van der Waals surface area contributed by atoms with E-state index in [1.165, 1.54) is 23.0 Å². The molecule has 0 fully saturated rings. The predicted octanol–water partition coefficient (Wildman–Crippen LogP) is 4.07. The van der Waals surface area contributed by atoms with E-state index in [2.05, 4.69) is 31.2 Å². The molecule has 35 heavy (non-hydrogen) atoms. The van der Waals surface area contributed by atoms with Gasteiger partial charge in [-0.3, -0.25) is 4.57 Å². The fraction of sp³-hybridized carbons (Fsp3) is 0.292. The first-order valence-corrected chi connectivity index (χ1v) is 12.9. The summed E-state index contributed by atoms with van der Waals surface area (Å²) in [5.41, 5.74) is 2.03. The Morgan fingerprint density at radius 2 is 2.14 bits per heavy atom. The van der Waals surface area contributed by atoms with Crippen molar-refractivity contribution in [2.24, 2.45) is 0 Å². The van der Waals surface area contributed by atoms with Crippen LogP contribution in [0.25, 0.3) is 11.1 Å². The van der Waals surface area contributed by atoms with Gasteiger partial charge in [-0.25, -0.2) is 14.2 Å².